The van der Waals surface area contributed by atoms with Crippen molar-refractivity contribution in [1.29, 1.82) is 0 Å². The van der Waals surface area contributed by atoms with Crippen LogP contribution >= 0.6 is 23.4 Å². The molecule has 1 aromatic carbocycles. The van der Waals surface area contributed by atoms with Crippen molar-refractivity contribution in [2.24, 2.45) is 0 Å². The first kappa shape index (κ1) is 19.0. The molecule has 0 saturated carbocycles. The lowest BCUT2D eigenvalue weighted by Crippen LogP contribution is -2.38. The van der Waals surface area contributed by atoms with Gasteiger partial charge in [-0.15, -0.1) is 10.2 Å². The maximum absolute atomic E-state index is 14.1. The lowest BCUT2D eigenvalue weighted by atomic mass is 10.2. The molecule has 0 radical (unpaired) electrons. The third-order valence-electron chi connectivity index (χ3n) is 4.81. The van der Waals surface area contributed by atoms with E-state index in [1.807, 2.05) is 0 Å². The number of hydrogen-bond donors (Lipinski definition) is 0. The molecule has 2 fully saturated rings. The summed E-state index contributed by atoms with van der Waals surface area (Å²) in [6.45, 7) is 4.43. The van der Waals surface area contributed by atoms with Crippen molar-refractivity contribution in [2.75, 3.05) is 37.8 Å². The molecule has 2 aliphatic rings. The molecule has 9 heteroatoms. The number of thioether (sulfide) groups is 1. The minimum absolute atomic E-state index is 0.164. The predicted octanol–water partition coefficient (Wildman–Crippen LogP) is 3.38. The van der Waals surface area contributed by atoms with Gasteiger partial charge in [0, 0.05) is 36.0 Å². The van der Waals surface area contributed by atoms with Crippen LogP contribution in [0, 0.1) is 5.82 Å². The average Bonchev–Trinajstić information content (AvgIpc) is 3.33. The van der Waals surface area contributed by atoms with Crippen molar-refractivity contribution in [2.45, 2.75) is 36.4 Å². The predicted molar refractivity (Wildman–Crippen MR) is 103 cm³/mol. The average molecular weight is 413 g/mol. The van der Waals surface area contributed by atoms with Crippen molar-refractivity contribution < 1.29 is 13.9 Å². The maximum atomic E-state index is 14.1. The minimum atomic E-state index is -0.298. The zero-order valence-corrected chi connectivity index (χ0v) is 16.5. The summed E-state index contributed by atoms with van der Waals surface area (Å²) in [5.74, 6) is 0.933. The van der Waals surface area contributed by atoms with Crippen molar-refractivity contribution in [1.82, 2.24) is 14.8 Å². The van der Waals surface area contributed by atoms with Gasteiger partial charge in [0.15, 0.2) is 5.16 Å². The molecule has 2 saturated heterocycles. The summed E-state index contributed by atoms with van der Waals surface area (Å²) in [6, 6.07) is 4.75. The molecule has 4 rings (SSSR count). The highest BCUT2D eigenvalue weighted by atomic mass is 35.5. The van der Waals surface area contributed by atoms with Crippen LogP contribution in [-0.4, -0.2) is 53.8 Å². The largest absolute Gasteiger partial charge is 0.378 e. The van der Waals surface area contributed by atoms with Crippen LogP contribution in [0.1, 0.15) is 18.4 Å². The maximum Gasteiger partial charge on any atom is 0.228 e. The Morgan fingerprint density at radius 2 is 2.07 bits per heavy atom. The molecule has 0 bridgehead atoms. The second-order valence-corrected chi connectivity index (χ2v) is 7.97. The van der Waals surface area contributed by atoms with Gasteiger partial charge in [0.1, 0.15) is 5.82 Å². The monoisotopic (exact) mass is 412 g/mol. The van der Waals surface area contributed by atoms with E-state index in [1.54, 1.807) is 12.1 Å². The van der Waals surface area contributed by atoms with E-state index in [-0.39, 0.29) is 11.9 Å². The highest BCUT2D eigenvalue weighted by molar-refractivity contribution is 7.98. The summed E-state index contributed by atoms with van der Waals surface area (Å²) < 4.78 is 27.5. The molecule has 2 aromatic rings. The van der Waals surface area contributed by atoms with Crippen LogP contribution in [-0.2, 0) is 21.8 Å². The summed E-state index contributed by atoms with van der Waals surface area (Å²) in [6.07, 6.45) is 2.27. The first-order valence-electron chi connectivity index (χ1n) is 9.15. The van der Waals surface area contributed by atoms with Crippen LogP contribution in [0.4, 0.5) is 10.3 Å². The molecule has 1 atom stereocenters. The number of hydrogen-bond acceptors (Lipinski definition) is 6. The molecule has 3 heterocycles. The Bertz CT molecular complexity index is 758. The third kappa shape index (κ3) is 4.39. The fourth-order valence-electron chi connectivity index (χ4n) is 3.34. The third-order valence-corrected chi connectivity index (χ3v) is 6.16. The van der Waals surface area contributed by atoms with Gasteiger partial charge in [0.25, 0.3) is 0 Å². The highest BCUT2D eigenvalue weighted by Crippen LogP contribution is 2.30. The zero-order chi connectivity index (χ0) is 18.6. The minimum Gasteiger partial charge on any atom is -0.378 e. The second-order valence-electron chi connectivity index (χ2n) is 6.62. The second kappa shape index (κ2) is 8.77. The van der Waals surface area contributed by atoms with E-state index < -0.39 is 0 Å². The Kier molecular flexibility index (Phi) is 6.17. The Morgan fingerprint density at radius 1 is 1.22 bits per heavy atom. The van der Waals surface area contributed by atoms with Crippen LogP contribution in [0.25, 0.3) is 0 Å². The van der Waals surface area contributed by atoms with Gasteiger partial charge in [-0.1, -0.05) is 29.4 Å². The van der Waals surface area contributed by atoms with Crippen LogP contribution in [0.15, 0.2) is 23.4 Å². The SMILES string of the molecule is Fc1cccc(Cl)c1CSc1nnc(N2CCOCC2)n1CC1CCCO1. The fraction of sp³-hybridized carbons (Fsp3) is 0.556. The summed E-state index contributed by atoms with van der Waals surface area (Å²) in [5.41, 5.74) is 0.490. The number of morpholine rings is 1. The van der Waals surface area contributed by atoms with Crippen LogP contribution < -0.4 is 4.90 Å². The summed E-state index contributed by atoms with van der Waals surface area (Å²) in [5, 5.41) is 9.99. The number of aromatic nitrogens is 3. The summed E-state index contributed by atoms with van der Waals surface area (Å²) in [4.78, 5) is 2.19. The Labute approximate surface area is 167 Å². The lowest BCUT2D eigenvalue weighted by molar-refractivity contribution is 0.0942. The molecule has 0 N–H and O–H groups in total. The molecule has 0 aliphatic carbocycles. The van der Waals surface area contributed by atoms with Gasteiger partial charge in [0.2, 0.25) is 5.95 Å². The van der Waals surface area contributed by atoms with Crippen molar-refractivity contribution >= 4 is 29.3 Å². The molecule has 0 spiro atoms. The number of nitrogens with zero attached hydrogens (tertiary/aromatic N) is 4. The number of ether oxygens (including phenoxy) is 2. The van der Waals surface area contributed by atoms with Gasteiger partial charge in [-0.2, -0.15) is 0 Å². The number of benzene rings is 1. The van der Waals surface area contributed by atoms with E-state index in [0.29, 0.717) is 36.1 Å². The van der Waals surface area contributed by atoms with Crippen molar-refractivity contribution in [3.05, 3.63) is 34.6 Å². The molecule has 146 valence electrons. The van der Waals surface area contributed by atoms with E-state index >= 15 is 0 Å². The summed E-state index contributed by atoms with van der Waals surface area (Å²) >= 11 is 7.61. The van der Waals surface area contributed by atoms with Gasteiger partial charge in [0.05, 0.1) is 25.9 Å². The van der Waals surface area contributed by atoms with E-state index in [4.69, 9.17) is 21.1 Å². The normalized spacial score (nSPS) is 20.4. The summed E-state index contributed by atoms with van der Waals surface area (Å²) in [7, 11) is 0. The van der Waals surface area contributed by atoms with Gasteiger partial charge in [-0.05, 0) is 25.0 Å². The van der Waals surface area contributed by atoms with Gasteiger partial charge in [-0.25, -0.2) is 4.39 Å². The van der Waals surface area contributed by atoms with Crippen molar-refractivity contribution in [3.63, 3.8) is 0 Å². The van der Waals surface area contributed by atoms with Crippen LogP contribution in [0.2, 0.25) is 5.02 Å². The molecule has 1 unspecified atom stereocenters. The number of anilines is 1. The van der Waals surface area contributed by atoms with Crippen LogP contribution in [0.3, 0.4) is 0 Å². The molecule has 1 aromatic heterocycles. The molecular formula is C18H22ClFN4O2S. The standard InChI is InChI=1S/C18H22ClFN4O2S/c19-15-4-1-5-16(20)14(15)12-27-18-22-21-17(23-6-9-25-10-7-23)24(18)11-13-3-2-8-26-13/h1,4-5,13H,2-3,6-12H2. The molecule has 27 heavy (non-hydrogen) atoms. The topological polar surface area (TPSA) is 52.4 Å². The van der Waals surface area contributed by atoms with Gasteiger partial charge in [-0.3, -0.25) is 4.57 Å². The van der Waals surface area contributed by atoms with E-state index in [2.05, 4.69) is 19.7 Å². The first-order chi connectivity index (χ1) is 13.2. The smallest absolute Gasteiger partial charge is 0.228 e. The number of rotatable bonds is 6. The van der Waals surface area contributed by atoms with Gasteiger partial charge >= 0.3 is 0 Å². The van der Waals surface area contributed by atoms with Crippen LogP contribution in [0.5, 0.6) is 0 Å². The van der Waals surface area contributed by atoms with E-state index in [9.17, 15) is 4.39 Å². The molecule has 2 aliphatic heterocycles. The Balaban J connectivity index is 1.56. The van der Waals surface area contributed by atoms with Crippen molar-refractivity contribution in [3.8, 4) is 0 Å². The molecule has 6 nitrogen and oxygen atoms in total. The van der Waals surface area contributed by atoms with Gasteiger partial charge < -0.3 is 14.4 Å². The quantitative estimate of drug-likeness (QED) is 0.678. The zero-order valence-electron chi connectivity index (χ0n) is 14.9. The van der Waals surface area contributed by atoms with E-state index in [1.165, 1.54) is 17.8 Å². The fourth-order valence-corrected chi connectivity index (χ4v) is 4.63. The lowest BCUT2D eigenvalue weighted by Gasteiger charge is -2.28. The molecular weight excluding hydrogens is 391 g/mol. The first-order valence-corrected chi connectivity index (χ1v) is 10.5. The highest BCUT2D eigenvalue weighted by Gasteiger charge is 2.25. The Morgan fingerprint density at radius 3 is 2.81 bits per heavy atom. The molecule has 0 amide bonds. The Hall–Kier alpha value is -1.35. The number of halogens is 2. The van der Waals surface area contributed by atoms with E-state index in [0.717, 1.165) is 43.6 Å².